The van der Waals surface area contributed by atoms with Crippen LogP contribution in [0.4, 0.5) is 11.5 Å². The summed E-state index contributed by atoms with van der Waals surface area (Å²) < 4.78 is 1.98. The van der Waals surface area contributed by atoms with Crippen LogP contribution < -0.4 is 15.7 Å². The van der Waals surface area contributed by atoms with Gasteiger partial charge in [-0.05, 0) is 30.1 Å². The monoisotopic (exact) mass is 413 g/mol. The Kier molecular flexibility index (Phi) is 4.88. The molecule has 8 heteroatoms. The van der Waals surface area contributed by atoms with E-state index in [1.54, 1.807) is 6.07 Å². The second kappa shape index (κ2) is 7.72. The van der Waals surface area contributed by atoms with Gasteiger partial charge in [-0.25, -0.2) is 4.98 Å². The number of nitrogens with zero attached hydrogens (tertiary/aromatic N) is 4. The van der Waals surface area contributed by atoms with Crippen LogP contribution in [0, 0.1) is 6.92 Å². The first-order chi connectivity index (χ1) is 15.0. The Labute approximate surface area is 181 Å². The van der Waals surface area contributed by atoms with Crippen molar-refractivity contribution in [3.05, 3.63) is 71.5 Å². The number of nitrogens with one attached hydrogen (secondary N) is 1. The van der Waals surface area contributed by atoms with E-state index in [1.807, 2.05) is 47.9 Å². The first-order valence-electron chi connectivity index (χ1n) is 10.4. The summed E-state index contributed by atoms with van der Waals surface area (Å²) in [5, 5.41) is 23.8. The molecule has 0 fully saturated rings. The lowest BCUT2D eigenvalue weighted by Crippen LogP contribution is -2.30. The first-order valence-corrected chi connectivity index (χ1v) is 10.4. The van der Waals surface area contributed by atoms with Crippen molar-refractivity contribution in [2.45, 2.75) is 19.9 Å². The lowest BCUT2D eigenvalue weighted by atomic mass is 9.78. The average Bonchev–Trinajstić information content (AvgIpc) is 3.31. The minimum atomic E-state index is -1.53. The van der Waals surface area contributed by atoms with Gasteiger partial charge in [-0.3, -0.25) is 4.57 Å². The number of likely N-dealkylation sites (N-methyl/N-ethyl adjacent to an activating group) is 1. The molecule has 0 saturated carbocycles. The SMILES string of the molecule is Cc1cc2c(B(O)O)cccc2n1-c1nc2c(c(NCc3ccccc3)n1)N(C)CC2. The van der Waals surface area contributed by atoms with E-state index in [9.17, 15) is 10.0 Å². The van der Waals surface area contributed by atoms with Crippen LogP contribution in [0.3, 0.4) is 0 Å². The van der Waals surface area contributed by atoms with Gasteiger partial charge in [0.05, 0.1) is 11.2 Å². The summed E-state index contributed by atoms with van der Waals surface area (Å²) in [6, 6.07) is 17.7. The number of anilines is 2. The maximum absolute atomic E-state index is 9.77. The molecule has 0 aliphatic carbocycles. The van der Waals surface area contributed by atoms with Crippen molar-refractivity contribution in [2.24, 2.45) is 0 Å². The van der Waals surface area contributed by atoms with Gasteiger partial charge in [0.15, 0.2) is 5.82 Å². The Morgan fingerprint density at radius 1 is 1.06 bits per heavy atom. The predicted octanol–water partition coefficient (Wildman–Crippen LogP) is 2.01. The molecule has 4 aromatic rings. The number of aryl methyl sites for hydroxylation is 1. The average molecular weight is 413 g/mol. The van der Waals surface area contributed by atoms with Crippen molar-refractivity contribution in [1.29, 1.82) is 0 Å². The maximum atomic E-state index is 9.77. The zero-order chi connectivity index (χ0) is 21.5. The highest BCUT2D eigenvalue weighted by molar-refractivity contribution is 6.61. The molecule has 0 spiro atoms. The normalized spacial score (nSPS) is 13.0. The highest BCUT2D eigenvalue weighted by atomic mass is 16.4. The van der Waals surface area contributed by atoms with E-state index in [-0.39, 0.29) is 0 Å². The summed E-state index contributed by atoms with van der Waals surface area (Å²) >= 11 is 0. The van der Waals surface area contributed by atoms with Gasteiger partial charge in [0.25, 0.3) is 0 Å². The molecule has 7 nitrogen and oxygen atoms in total. The van der Waals surface area contributed by atoms with E-state index < -0.39 is 7.12 Å². The highest BCUT2D eigenvalue weighted by Crippen LogP contribution is 2.34. The first kappa shape index (κ1) is 19.6. The molecule has 0 amide bonds. The smallest absolute Gasteiger partial charge is 0.423 e. The van der Waals surface area contributed by atoms with Crippen molar-refractivity contribution in [3.63, 3.8) is 0 Å². The van der Waals surface area contributed by atoms with Gasteiger partial charge in [-0.2, -0.15) is 4.98 Å². The molecule has 0 unspecified atom stereocenters. The van der Waals surface area contributed by atoms with Gasteiger partial charge in [-0.1, -0.05) is 42.5 Å². The summed E-state index contributed by atoms with van der Waals surface area (Å²) in [5.74, 6) is 1.39. The minimum absolute atomic E-state index is 0.475. The molecule has 2 aromatic carbocycles. The Bertz CT molecular complexity index is 1260. The fraction of sp³-hybridized carbons (Fsp3) is 0.217. The maximum Gasteiger partial charge on any atom is 0.489 e. The molecule has 1 aliphatic rings. The van der Waals surface area contributed by atoms with Gasteiger partial charge in [0, 0.05) is 37.6 Å². The molecule has 3 heterocycles. The molecule has 2 aromatic heterocycles. The van der Waals surface area contributed by atoms with Crippen LogP contribution in [-0.4, -0.2) is 45.3 Å². The van der Waals surface area contributed by atoms with E-state index in [4.69, 9.17) is 9.97 Å². The van der Waals surface area contributed by atoms with Crippen molar-refractivity contribution in [2.75, 3.05) is 23.8 Å². The molecular formula is C23H24BN5O2. The van der Waals surface area contributed by atoms with Gasteiger partial charge >= 0.3 is 7.12 Å². The standard InChI is InChI=1S/C23H24BN5O2/c1-15-13-17-18(24(30)31)9-6-10-20(17)29(15)23-26-19-11-12-28(2)21(19)22(27-23)25-14-16-7-4-3-5-8-16/h3-10,13,30-31H,11-12,14H2,1-2H3,(H,25,26,27). The van der Waals surface area contributed by atoms with Crippen LogP contribution >= 0.6 is 0 Å². The lowest BCUT2D eigenvalue weighted by Gasteiger charge is -2.18. The molecule has 5 rings (SSSR count). The number of hydrogen-bond acceptors (Lipinski definition) is 6. The zero-order valence-corrected chi connectivity index (χ0v) is 17.6. The second-order valence-corrected chi connectivity index (χ2v) is 7.95. The molecular weight excluding hydrogens is 389 g/mol. The fourth-order valence-electron chi connectivity index (χ4n) is 4.33. The lowest BCUT2D eigenvalue weighted by molar-refractivity contribution is 0.426. The van der Waals surface area contributed by atoms with Gasteiger partial charge < -0.3 is 20.3 Å². The van der Waals surface area contributed by atoms with E-state index in [0.717, 1.165) is 46.8 Å². The number of rotatable bonds is 5. The van der Waals surface area contributed by atoms with Crippen molar-refractivity contribution in [3.8, 4) is 5.95 Å². The van der Waals surface area contributed by atoms with Crippen molar-refractivity contribution >= 4 is 35.0 Å². The number of benzene rings is 2. The second-order valence-electron chi connectivity index (χ2n) is 7.95. The summed E-state index contributed by atoms with van der Waals surface area (Å²) in [5.41, 5.74) is 5.50. The van der Waals surface area contributed by atoms with Crippen LogP contribution in [0.5, 0.6) is 0 Å². The van der Waals surface area contributed by atoms with Crippen LogP contribution in [0.1, 0.15) is 17.0 Å². The highest BCUT2D eigenvalue weighted by Gasteiger charge is 2.25. The molecule has 0 atom stereocenters. The van der Waals surface area contributed by atoms with Gasteiger partial charge in [0.1, 0.15) is 5.69 Å². The third-order valence-corrected chi connectivity index (χ3v) is 5.85. The van der Waals surface area contributed by atoms with E-state index >= 15 is 0 Å². The quantitative estimate of drug-likeness (QED) is 0.434. The van der Waals surface area contributed by atoms with Gasteiger partial charge in [-0.15, -0.1) is 0 Å². The van der Waals surface area contributed by atoms with Crippen LogP contribution in [0.25, 0.3) is 16.9 Å². The largest absolute Gasteiger partial charge is 0.489 e. The third-order valence-electron chi connectivity index (χ3n) is 5.85. The number of hydrogen-bond donors (Lipinski definition) is 3. The van der Waals surface area contributed by atoms with E-state index in [1.165, 1.54) is 5.56 Å². The van der Waals surface area contributed by atoms with E-state index in [0.29, 0.717) is 18.0 Å². The Morgan fingerprint density at radius 3 is 2.65 bits per heavy atom. The molecule has 0 bridgehead atoms. The summed E-state index contributed by atoms with van der Waals surface area (Å²) in [4.78, 5) is 12.0. The zero-order valence-electron chi connectivity index (χ0n) is 17.6. The van der Waals surface area contributed by atoms with Crippen LogP contribution in [-0.2, 0) is 13.0 Å². The number of aromatic nitrogens is 3. The predicted molar refractivity (Wildman–Crippen MR) is 124 cm³/mol. The number of fused-ring (bicyclic) bond motifs is 2. The molecule has 156 valence electrons. The Hall–Kier alpha value is -3.36. The molecule has 31 heavy (non-hydrogen) atoms. The topological polar surface area (TPSA) is 86.4 Å². The molecule has 0 radical (unpaired) electrons. The van der Waals surface area contributed by atoms with Crippen LogP contribution in [0.2, 0.25) is 0 Å². The molecule has 0 saturated heterocycles. The van der Waals surface area contributed by atoms with Gasteiger partial charge in [0.2, 0.25) is 5.95 Å². The van der Waals surface area contributed by atoms with E-state index in [2.05, 4.69) is 29.4 Å². The minimum Gasteiger partial charge on any atom is -0.423 e. The summed E-state index contributed by atoms with van der Waals surface area (Å²) in [7, 11) is 0.532. The fourth-order valence-corrected chi connectivity index (χ4v) is 4.33. The molecule has 1 aliphatic heterocycles. The summed E-state index contributed by atoms with van der Waals surface area (Å²) in [6.45, 7) is 3.55. The third kappa shape index (κ3) is 3.43. The summed E-state index contributed by atoms with van der Waals surface area (Å²) in [6.07, 6.45) is 0.861. The Balaban J connectivity index is 1.62. The molecule has 3 N–H and O–H groups in total. The van der Waals surface area contributed by atoms with Crippen molar-refractivity contribution < 1.29 is 10.0 Å². The van der Waals surface area contributed by atoms with Crippen LogP contribution in [0.15, 0.2) is 54.6 Å². The van der Waals surface area contributed by atoms with Crippen molar-refractivity contribution in [1.82, 2.24) is 14.5 Å². The Morgan fingerprint density at radius 2 is 1.87 bits per heavy atom.